The fourth-order valence-corrected chi connectivity index (χ4v) is 3.92. The third kappa shape index (κ3) is 6.20. The largest absolute Gasteiger partial charge is 0.368 e. The van der Waals surface area contributed by atoms with Gasteiger partial charge in [-0.1, -0.05) is 0 Å². The van der Waals surface area contributed by atoms with Crippen molar-refractivity contribution in [3.05, 3.63) is 0 Å². The van der Waals surface area contributed by atoms with E-state index in [2.05, 4.69) is 15.2 Å². The van der Waals surface area contributed by atoms with Crippen LogP contribution in [-0.4, -0.2) is 97.5 Å². The molecule has 0 radical (unpaired) electrons. The number of hydrogen-bond acceptors (Lipinski definition) is 4. The Kier molecular flexibility index (Phi) is 9.76. The van der Waals surface area contributed by atoms with Gasteiger partial charge in [-0.05, 0) is 32.6 Å². The minimum Gasteiger partial charge on any atom is -0.368 e. The van der Waals surface area contributed by atoms with Crippen LogP contribution in [0, 0.1) is 0 Å². The summed E-state index contributed by atoms with van der Waals surface area (Å²) in [5.41, 5.74) is 0. The summed E-state index contributed by atoms with van der Waals surface area (Å²) in [6.45, 7) is 8.71. The van der Waals surface area contributed by atoms with E-state index in [1.807, 2.05) is 16.7 Å². The number of aliphatic imine (C=N–C) groups is 1. The molecule has 160 valence electrons. The Hall–Kier alpha value is -1.10. The maximum Gasteiger partial charge on any atom is 0.251 e. The Morgan fingerprint density at radius 1 is 1.00 bits per heavy atom. The van der Waals surface area contributed by atoms with Crippen LogP contribution in [0.25, 0.3) is 0 Å². The summed E-state index contributed by atoms with van der Waals surface area (Å²) in [5, 5.41) is 3.32. The smallest absolute Gasteiger partial charge is 0.251 e. The fourth-order valence-electron chi connectivity index (χ4n) is 3.92. The van der Waals surface area contributed by atoms with Crippen molar-refractivity contribution in [3.8, 4) is 0 Å². The van der Waals surface area contributed by atoms with Gasteiger partial charge in [-0.15, -0.1) is 24.0 Å². The highest BCUT2D eigenvalue weighted by atomic mass is 127. The van der Waals surface area contributed by atoms with Crippen molar-refractivity contribution in [2.75, 3.05) is 59.0 Å². The lowest BCUT2D eigenvalue weighted by Crippen LogP contribution is -2.55. The van der Waals surface area contributed by atoms with Crippen molar-refractivity contribution >= 4 is 41.8 Å². The minimum atomic E-state index is -0.241. The molecule has 2 amide bonds. The lowest BCUT2D eigenvalue weighted by atomic mass is 10.2. The topological polar surface area (TPSA) is 77.5 Å². The van der Waals surface area contributed by atoms with Crippen LogP contribution < -0.4 is 5.32 Å². The number of amides is 2. The molecule has 0 aromatic carbocycles. The van der Waals surface area contributed by atoms with Gasteiger partial charge in [0.05, 0.1) is 6.54 Å². The molecule has 1 atom stereocenters. The standard InChI is InChI=1S/C19H33N5O3.HI/c1-2-20-19(21-8-7-17(25)22-9-3-4-10-22)24-13-11-23(12-14-24)18(26)16-6-5-15-27-16;/h16H,2-15H2,1H3,(H,20,21);1H. The summed E-state index contributed by atoms with van der Waals surface area (Å²) in [6, 6.07) is 0. The number of halogens is 1. The highest BCUT2D eigenvalue weighted by molar-refractivity contribution is 14.0. The van der Waals surface area contributed by atoms with Gasteiger partial charge < -0.3 is 24.8 Å². The summed E-state index contributed by atoms with van der Waals surface area (Å²) in [5.74, 6) is 1.18. The zero-order valence-corrected chi connectivity index (χ0v) is 19.2. The Morgan fingerprint density at radius 2 is 1.68 bits per heavy atom. The summed E-state index contributed by atoms with van der Waals surface area (Å²) in [4.78, 5) is 35.3. The zero-order chi connectivity index (χ0) is 19.1. The number of nitrogens with zero attached hydrogens (tertiary/aromatic N) is 4. The van der Waals surface area contributed by atoms with Crippen molar-refractivity contribution in [2.45, 2.75) is 45.1 Å². The first-order chi connectivity index (χ1) is 13.2. The lowest BCUT2D eigenvalue weighted by Gasteiger charge is -2.37. The number of nitrogens with one attached hydrogen (secondary N) is 1. The number of carbonyl (C=O) groups excluding carboxylic acids is 2. The van der Waals surface area contributed by atoms with Gasteiger partial charge >= 0.3 is 0 Å². The lowest BCUT2D eigenvalue weighted by molar-refractivity contribution is -0.142. The number of carbonyl (C=O) groups is 2. The van der Waals surface area contributed by atoms with Crippen LogP contribution in [0.15, 0.2) is 4.99 Å². The van der Waals surface area contributed by atoms with Gasteiger partial charge in [0.2, 0.25) is 5.91 Å². The number of guanidine groups is 1. The summed E-state index contributed by atoms with van der Waals surface area (Å²) < 4.78 is 5.52. The molecule has 0 saturated carbocycles. The average Bonchev–Trinajstić information content (AvgIpc) is 3.40. The molecule has 1 N–H and O–H groups in total. The third-order valence-electron chi connectivity index (χ3n) is 5.48. The number of rotatable bonds is 5. The maximum atomic E-state index is 12.5. The average molecular weight is 507 g/mol. The van der Waals surface area contributed by atoms with Crippen LogP contribution in [0.1, 0.15) is 39.0 Å². The predicted octanol–water partition coefficient (Wildman–Crippen LogP) is 0.906. The first kappa shape index (κ1) is 23.2. The normalized spacial score (nSPS) is 23.0. The molecule has 0 spiro atoms. The van der Waals surface area contributed by atoms with Gasteiger partial charge in [-0.2, -0.15) is 0 Å². The second-order valence-corrected chi connectivity index (χ2v) is 7.39. The number of ether oxygens (including phenoxy) is 1. The van der Waals surface area contributed by atoms with Crippen LogP contribution >= 0.6 is 24.0 Å². The van der Waals surface area contributed by atoms with Crippen molar-refractivity contribution in [1.29, 1.82) is 0 Å². The molecule has 3 fully saturated rings. The Labute approximate surface area is 185 Å². The van der Waals surface area contributed by atoms with Gasteiger partial charge in [0.25, 0.3) is 5.91 Å². The molecule has 3 aliphatic heterocycles. The van der Waals surface area contributed by atoms with E-state index in [-0.39, 0.29) is 41.9 Å². The fraction of sp³-hybridized carbons (Fsp3) is 0.842. The third-order valence-corrected chi connectivity index (χ3v) is 5.48. The second kappa shape index (κ2) is 11.8. The summed E-state index contributed by atoms with van der Waals surface area (Å²) >= 11 is 0. The van der Waals surface area contributed by atoms with Gasteiger partial charge in [0.15, 0.2) is 5.96 Å². The molecule has 3 rings (SSSR count). The van der Waals surface area contributed by atoms with Crippen molar-refractivity contribution < 1.29 is 14.3 Å². The van der Waals surface area contributed by atoms with Crippen molar-refractivity contribution in [3.63, 3.8) is 0 Å². The van der Waals surface area contributed by atoms with E-state index in [0.717, 1.165) is 64.4 Å². The van der Waals surface area contributed by atoms with E-state index in [1.54, 1.807) is 0 Å². The summed E-state index contributed by atoms with van der Waals surface area (Å²) in [6.07, 6.45) is 4.28. The minimum absolute atomic E-state index is 0. The molecule has 28 heavy (non-hydrogen) atoms. The van der Waals surface area contributed by atoms with E-state index < -0.39 is 0 Å². The molecule has 8 nitrogen and oxygen atoms in total. The van der Waals surface area contributed by atoms with Gasteiger partial charge in [-0.25, -0.2) is 0 Å². The van der Waals surface area contributed by atoms with Crippen LogP contribution in [0.4, 0.5) is 0 Å². The van der Waals surface area contributed by atoms with Crippen LogP contribution in [-0.2, 0) is 14.3 Å². The molecule has 0 aromatic rings. The van der Waals surface area contributed by atoms with Crippen LogP contribution in [0.2, 0.25) is 0 Å². The van der Waals surface area contributed by atoms with Gasteiger partial charge in [-0.3, -0.25) is 14.6 Å². The molecule has 3 saturated heterocycles. The van der Waals surface area contributed by atoms with E-state index in [4.69, 9.17) is 4.74 Å². The zero-order valence-electron chi connectivity index (χ0n) is 16.9. The number of hydrogen-bond donors (Lipinski definition) is 1. The van der Waals surface area contributed by atoms with Gasteiger partial charge in [0, 0.05) is 58.8 Å². The van der Waals surface area contributed by atoms with Crippen molar-refractivity contribution in [2.24, 2.45) is 4.99 Å². The Balaban J connectivity index is 0.00000280. The Morgan fingerprint density at radius 3 is 2.29 bits per heavy atom. The first-order valence-corrected chi connectivity index (χ1v) is 10.4. The highest BCUT2D eigenvalue weighted by Crippen LogP contribution is 2.16. The molecule has 0 aromatic heterocycles. The van der Waals surface area contributed by atoms with Crippen LogP contribution in [0.5, 0.6) is 0 Å². The maximum absolute atomic E-state index is 12.5. The number of piperazine rings is 1. The van der Waals surface area contributed by atoms with Crippen LogP contribution in [0.3, 0.4) is 0 Å². The highest BCUT2D eigenvalue weighted by Gasteiger charge is 2.30. The molecule has 3 heterocycles. The SMILES string of the molecule is CCNC(=NCCC(=O)N1CCCC1)N1CCN(C(=O)C2CCCO2)CC1.I. The quantitative estimate of drug-likeness (QED) is 0.340. The molecule has 9 heteroatoms. The molecule has 1 unspecified atom stereocenters. The van der Waals surface area contributed by atoms with Crippen molar-refractivity contribution in [1.82, 2.24) is 20.0 Å². The molecule has 3 aliphatic rings. The molecule has 0 aliphatic carbocycles. The molecular formula is C19H34IN5O3. The first-order valence-electron chi connectivity index (χ1n) is 10.4. The predicted molar refractivity (Wildman–Crippen MR) is 119 cm³/mol. The van der Waals surface area contributed by atoms with E-state index in [1.165, 1.54) is 0 Å². The monoisotopic (exact) mass is 507 g/mol. The van der Waals surface area contributed by atoms with Gasteiger partial charge in [0.1, 0.15) is 6.10 Å². The van der Waals surface area contributed by atoms with E-state index in [0.29, 0.717) is 32.7 Å². The molecule has 0 bridgehead atoms. The Bertz CT molecular complexity index is 540. The summed E-state index contributed by atoms with van der Waals surface area (Å²) in [7, 11) is 0. The number of likely N-dealkylation sites (tertiary alicyclic amines) is 1. The second-order valence-electron chi connectivity index (χ2n) is 7.39. The molecular weight excluding hydrogens is 473 g/mol. The van der Waals surface area contributed by atoms with E-state index in [9.17, 15) is 9.59 Å². The van der Waals surface area contributed by atoms with E-state index >= 15 is 0 Å².